The first kappa shape index (κ1) is 18.0. The summed E-state index contributed by atoms with van der Waals surface area (Å²) in [5.41, 5.74) is 0.428. The van der Waals surface area contributed by atoms with Crippen LogP contribution in [0.25, 0.3) is 0 Å². The molecule has 4 aliphatic carbocycles. The van der Waals surface area contributed by atoms with Gasteiger partial charge in [0, 0.05) is 30.1 Å². The molecule has 0 heterocycles. The molecule has 26 heavy (non-hydrogen) atoms. The Morgan fingerprint density at radius 1 is 1.15 bits per heavy atom. The van der Waals surface area contributed by atoms with E-state index < -0.39 is 0 Å². The molecule has 4 nitrogen and oxygen atoms in total. The van der Waals surface area contributed by atoms with Crippen molar-refractivity contribution in [3.63, 3.8) is 0 Å². The molecule has 140 valence electrons. The van der Waals surface area contributed by atoms with Gasteiger partial charge in [0.2, 0.25) is 0 Å². The molecule has 0 aromatic rings. The molecular weight excluding hydrogens is 352 g/mol. The van der Waals surface area contributed by atoms with Gasteiger partial charge in [0.15, 0.2) is 11.6 Å². The minimum Gasteiger partial charge on any atom is -0.462 e. The quantitative estimate of drug-likeness (QED) is 0.649. The molecule has 0 spiro atoms. The number of halogens is 1. The van der Waals surface area contributed by atoms with Crippen LogP contribution in [0.1, 0.15) is 52.9 Å². The smallest absolute Gasteiger partial charge is 0.302 e. The van der Waals surface area contributed by atoms with Crippen molar-refractivity contribution in [1.82, 2.24) is 0 Å². The van der Waals surface area contributed by atoms with Gasteiger partial charge in [0.25, 0.3) is 0 Å². The fourth-order valence-corrected chi connectivity index (χ4v) is 6.48. The largest absolute Gasteiger partial charge is 0.462 e. The van der Waals surface area contributed by atoms with Crippen LogP contribution in [-0.4, -0.2) is 23.6 Å². The highest BCUT2D eigenvalue weighted by molar-refractivity contribution is 6.43. The summed E-state index contributed by atoms with van der Waals surface area (Å²) in [6.45, 7) is 5.74. The molecular formula is C21H25ClO4. The van der Waals surface area contributed by atoms with Gasteiger partial charge in [-0.3, -0.25) is 14.4 Å². The first-order valence-electron chi connectivity index (χ1n) is 9.50. The number of hydrogen-bond donors (Lipinski definition) is 0. The van der Waals surface area contributed by atoms with E-state index in [0.717, 1.165) is 31.3 Å². The zero-order valence-corrected chi connectivity index (χ0v) is 16.3. The third-order valence-corrected chi connectivity index (χ3v) is 7.99. The number of hydrogen-bond acceptors (Lipinski definition) is 4. The molecule has 0 aromatic heterocycles. The second kappa shape index (κ2) is 5.79. The summed E-state index contributed by atoms with van der Waals surface area (Å²) in [5, 5.41) is 0.233. The Hall–Kier alpha value is -1.42. The average Bonchev–Trinajstić information content (AvgIpc) is 2.87. The number of fused-ring (bicyclic) bond motifs is 5. The molecule has 4 rings (SSSR count). The van der Waals surface area contributed by atoms with Crippen LogP contribution in [0, 0.1) is 28.6 Å². The Labute approximate surface area is 159 Å². The maximum absolute atomic E-state index is 13.1. The first-order chi connectivity index (χ1) is 12.2. The summed E-state index contributed by atoms with van der Waals surface area (Å²) in [6.07, 6.45) is 7.18. The van der Waals surface area contributed by atoms with Crippen molar-refractivity contribution in [2.24, 2.45) is 28.6 Å². The first-order valence-corrected chi connectivity index (χ1v) is 9.88. The van der Waals surface area contributed by atoms with Crippen molar-refractivity contribution in [3.8, 4) is 0 Å². The summed E-state index contributed by atoms with van der Waals surface area (Å²) in [5.74, 6) is 0.120. The molecule has 1 unspecified atom stereocenters. The van der Waals surface area contributed by atoms with E-state index in [1.165, 1.54) is 6.92 Å². The number of esters is 1. The highest BCUT2D eigenvalue weighted by Gasteiger charge is 2.61. The van der Waals surface area contributed by atoms with Gasteiger partial charge in [-0.1, -0.05) is 25.4 Å². The molecule has 0 saturated heterocycles. The van der Waals surface area contributed by atoms with E-state index in [2.05, 4.69) is 13.8 Å². The van der Waals surface area contributed by atoms with Crippen LogP contribution in [0.15, 0.2) is 22.8 Å². The molecule has 5 heteroatoms. The second-order valence-corrected chi connectivity index (χ2v) is 9.38. The van der Waals surface area contributed by atoms with Crippen LogP contribution in [0.4, 0.5) is 0 Å². The summed E-state index contributed by atoms with van der Waals surface area (Å²) >= 11 is 6.06. The molecule has 0 aromatic carbocycles. The molecule has 0 bridgehead atoms. The summed E-state index contributed by atoms with van der Waals surface area (Å²) in [7, 11) is 0. The van der Waals surface area contributed by atoms with Gasteiger partial charge in [-0.15, -0.1) is 0 Å². The van der Waals surface area contributed by atoms with Crippen molar-refractivity contribution >= 4 is 29.1 Å². The second-order valence-electron chi connectivity index (χ2n) is 8.97. The summed E-state index contributed by atoms with van der Waals surface area (Å²) in [6, 6.07) is 0. The minimum absolute atomic E-state index is 0.0306. The summed E-state index contributed by atoms with van der Waals surface area (Å²) in [4.78, 5) is 36.9. The zero-order valence-electron chi connectivity index (χ0n) is 15.5. The normalized spacial score (nSPS) is 44.5. The van der Waals surface area contributed by atoms with Crippen molar-refractivity contribution in [1.29, 1.82) is 0 Å². The predicted molar refractivity (Wildman–Crippen MR) is 97.4 cm³/mol. The maximum Gasteiger partial charge on any atom is 0.302 e. The van der Waals surface area contributed by atoms with Gasteiger partial charge in [0.05, 0.1) is 5.03 Å². The van der Waals surface area contributed by atoms with Crippen LogP contribution in [-0.2, 0) is 19.1 Å². The highest BCUT2D eigenvalue weighted by atomic mass is 35.5. The Morgan fingerprint density at radius 2 is 1.88 bits per heavy atom. The lowest BCUT2D eigenvalue weighted by atomic mass is 9.48. The molecule has 6 atom stereocenters. The van der Waals surface area contributed by atoms with Gasteiger partial charge in [-0.25, -0.2) is 0 Å². The Balaban J connectivity index is 1.73. The van der Waals surface area contributed by atoms with E-state index in [9.17, 15) is 14.4 Å². The van der Waals surface area contributed by atoms with E-state index in [0.29, 0.717) is 6.42 Å². The zero-order chi connectivity index (χ0) is 18.9. The van der Waals surface area contributed by atoms with E-state index in [1.54, 1.807) is 12.2 Å². The lowest BCUT2D eigenvalue weighted by molar-refractivity contribution is -0.158. The number of ether oxygens (including phenoxy) is 1. The Kier molecular flexibility index (Phi) is 4.00. The molecule has 2 saturated carbocycles. The van der Waals surface area contributed by atoms with Crippen molar-refractivity contribution in [3.05, 3.63) is 22.8 Å². The van der Waals surface area contributed by atoms with Gasteiger partial charge in [-0.05, 0) is 55.2 Å². The Bertz CT molecular complexity index is 766. The molecule has 4 aliphatic rings. The van der Waals surface area contributed by atoms with E-state index in [1.807, 2.05) is 0 Å². The number of carbonyl (C=O) groups is 3. The minimum atomic E-state index is -0.325. The summed E-state index contributed by atoms with van der Waals surface area (Å²) < 4.78 is 5.61. The lowest BCUT2D eigenvalue weighted by Crippen LogP contribution is -2.54. The fourth-order valence-electron chi connectivity index (χ4n) is 6.30. The maximum atomic E-state index is 13.1. The van der Waals surface area contributed by atoms with Gasteiger partial charge < -0.3 is 4.74 Å². The average molecular weight is 377 g/mol. The molecule has 0 radical (unpaired) electrons. The van der Waals surface area contributed by atoms with Gasteiger partial charge in [-0.2, -0.15) is 0 Å². The van der Waals surface area contributed by atoms with E-state index >= 15 is 0 Å². The van der Waals surface area contributed by atoms with E-state index in [-0.39, 0.29) is 57.3 Å². The molecule has 0 amide bonds. The van der Waals surface area contributed by atoms with Crippen molar-refractivity contribution in [2.75, 3.05) is 0 Å². The van der Waals surface area contributed by atoms with Crippen LogP contribution < -0.4 is 0 Å². The lowest BCUT2D eigenvalue weighted by Gasteiger charge is -2.55. The van der Waals surface area contributed by atoms with Crippen molar-refractivity contribution in [2.45, 2.75) is 59.0 Å². The van der Waals surface area contributed by atoms with Gasteiger partial charge in [0.1, 0.15) is 6.10 Å². The number of Topliss-reactive ketones (excluding diaryl/α,β-unsaturated/α-hetero) is 1. The fraction of sp³-hybridized carbons (Fsp3) is 0.667. The molecule has 0 aliphatic heterocycles. The van der Waals surface area contributed by atoms with Crippen molar-refractivity contribution < 1.29 is 19.1 Å². The molecule has 0 N–H and O–H groups in total. The number of ketones is 2. The number of rotatable bonds is 1. The Morgan fingerprint density at radius 3 is 2.58 bits per heavy atom. The third kappa shape index (κ3) is 2.37. The molecule has 2 fully saturated rings. The predicted octanol–water partition coefficient (Wildman–Crippen LogP) is 3.97. The van der Waals surface area contributed by atoms with Crippen LogP contribution in [0.3, 0.4) is 0 Å². The van der Waals surface area contributed by atoms with E-state index in [4.69, 9.17) is 16.3 Å². The topological polar surface area (TPSA) is 60.4 Å². The highest BCUT2D eigenvalue weighted by Crippen LogP contribution is 2.64. The number of carbonyl (C=O) groups excluding carboxylic acids is 3. The number of allylic oxidation sites excluding steroid dienone is 4. The van der Waals surface area contributed by atoms with Crippen LogP contribution in [0.2, 0.25) is 0 Å². The monoisotopic (exact) mass is 376 g/mol. The van der Waals surface area contributed by atoms with Gasteiger partial charge >= 0.3 is 5.97 Å². The third-order valence-electron chi connectivity index (χ3n) is 7.67. The van der Waals surface area contributed by atoms with Crippen LogP contribution >= 0.6 is 11.6 Å². The van der Waals surface area contributed by atoms with Crippen LogP contribution in [0.5, 0.6) is 0 Å². The standard InChI is InChI=1S/C21H25ClO4/c1-11(23)26-18-5-4-13-19-14(6-7-20(13,18)2)21(3)10-17(25)15(22)8-12(21)9-16(19)24/h8-9,13-14,18-19H,4-7,10H2,1-3H3/t13-,14-,18?,19-,20-,21-/m0/s1. The SMILES string of the molecule is CC(=O)OC1CC[C@H]2[C@@H]3C(=O)C=C4C=C(Cl)C(=O)C[C@]4(C)[C@H]3CC[C@]12C.